The van der Waals surface area contributed by atoms with Crippen LogP contribution in [0.5, 0.6) is 0 Å². The molecule has 58 valence electrons. The summed E-state index contributed by atoms with van der Waals surface area (Å²) in [6.45, 7) is 4.65. The van der Waals surface area contributed by atoms with Gasteiger partial charge < -0.3 is 5.11 Å². The van der Waals surface area contributed by atoms with E-state index in [1.807, 2.05) is 21.0 Å². The first-order valence-electron chi connectivity index (χ1n) is 3.10. The van der Waals surface area contributed by atoms with E-state index in [1.54, 1.807) is 12.0 Å². The second kappa shape index (κ2) is 10.8. The molecule has 3 heteroatoms. The van der Waals surface area contributed by atoms with Gasteiger partial charge in [-0.15, -0.1) is 0 Å². The molecule has 0 spiro atoms. The van der Waals surface area contributed by atoms with Gasteiger partial charge in [-0.3, -0.25) is 4.84 Å². The molecular weight excluding hydrogens is 118 g/mol. The van der Waals surface area contributed by atoms with E-state index in [1.165, 1.54) is 0 Å². The second-order valence-electron chi connectivity index (χ2n) is 1.55. The predicted molar refractivity (Wildman–Crippen MR) is 38.1 cm³/mol. The first-order chi connectivity index (χ1) is 4.18. The Labute approximate surface area is 57.2 Å². The highest BCUT2D eigenvalue weighted by Gasteiger charge is 1.77. The van der Waals surface area contributed by atoms with Gasteiger partial charge in [0, 0.05) is 20.7 Å². The molecular formula is C6H17NO2. The summed E-state index contributed by atoms with van der Waals surface area (Å²) >= 11 is 0. The zero-order valence-electron chi connectivity index (χ0n) is 6.72. The Morgan fingerprint density at radius 2 is 1.67 bits per heavy atom. The highest BCUT2D eigenvalue weighted by Crippen LogP contribution is 1.72. The number of hydrogen-bond acceptors (Lipinski definition) is 3. The summed E-state index contributed by atoms with van der Waals surface area (Å²) in [5, 5.41) is 9.25. The summed E-state index contributed by atoms with van der Waals surface area (Å²) in [7, 11) is 3.73. The maximum Gasteiger partial charge on any atom is 0.0656 e. The summed E-state index contributed by atoms with van der Waals surface area (Å²) in [6, 6.07) is 0. The molecule has 0 aromatic carbocycles. The molecule has 0 heterocycles. The molecule has 0 amide bonds. The van der Waals surface area contributed by atoms with Crippen molar-refractivity contribution in [3.05, 3.63) is 0 Å². The number of nitrogens with zero attached hydrogens (tertiary/aromatic N) is 1. The fraction of sp³-hybridized carbons (Fsp3) is 1.00. The van der Waals surface area contributed by atoms with E-state index in [-0.39, 0.29) is 6.61 Å². The van der Waals surface area contributed by atoms with Crippen LogP contribution in [0.15, 0.2) is 0 Å². The molecule has 0 aliphatic rings. The number of aliphatic hydroxyl groups is 1. The van der Waals surface area contributed by atoms with Crippen LogP contribution < -0.4 is 0 Å². The van der Waals surface area contributed by atoms with Crippen LogP contribution >= 0.6 is 0 Å². The van der Waals surface area contributed by atoms with E-state index >= 15 is 0 Å². The molecule has 0 bridgehead atoms. The average Bonchev–Trinajstić information content (AvgIpc) is 1.67. The van der Waals surface area contributed by atoms with Gasteiger partial charge in [0.15, 0.2) is 0 Å². The standard InChI is InChI=1S/C4H11NO.C2H6O/c1-4-6-5(2)3;1-2-3/h4H2,1-3H3;3H,2H2,1H3. The van der Waals surface area contributed by atoms with Gasteiger partial charge in [0.25, 0.3) is 0 Å². The highest BCUT2D eigenvalue weighted by atomic mass is 16.7. The zero-order valence-corrected chi connectivity index (χ0v) is 6.72. The summed E-state index contributed by atoms with van der Waals surface area (Å²) in [6.07, 6.45) is 0. The largest absolute Gasteiger partial charge is 0.397 e. The van der Waals surface area contributed by atoms with Gasteiger partial charge in [0.2, 0.25) is 0 Å². The quantitative estimate of drug-likeness (QED) is 0.560. The first kappa shape index (κ1) is 11.6. The number of rotatable bonds is 2. The van der Waals surface area contributed by atoms with Crippen LogP contribution in [0, 0.1) is 0 Å². The smallest absolute Gasteiger partial charge is 0.0656 e. The number of aliphatic hydroxyl groups excluding tert-OH is 1. The molecule has 0 saturated heterocycles. The number of hydroxylamine groups is 2. The molecule has 0 aromatic heterocycles. The van der Waals surface area contributed by atoms with E-state index in [2.05, 4.69) is 0 Å². The molecule has 0 aliphatic heterocycles. The fourth-order valence-electron chi connectivity index (χ4n) is 0.258. The fourth-order valence-corrected chi connectivity index (χ4v) is 0.258. The van der Waals surface area contributed by atoms with Gasteiger partial charge in [-0.25, -0.2) is 0 Å². The Morgan fingerprint density at radius 3 is 1.67 bits per heavy atom. The van der Waals surface area contributed by atoms with E-state index in [9.17, 15) is 0 Å². The van der Waals surface area contributed by atoms with Gasteiger partial charge >= 0.3 is 0 Å². The van der Waals surface area contributed by atoms with Gasteiger partial charge in [0.05, 0.1) is 6.61 Å². The van der Waals surface area contributed by atoms with Crippen LogP contribution in [0.1, 0.15) is 13.8 Å². The van der Waals surface area contributed by atoms with Crippen molar-refractivity contribution in [2.45, 2.75) is 13.8 Å². The summed E-state index contributed by atoms with van der Waals surface area (Å²) < 4.78 is 0. The molecule has 0 saturated carbocycles. The van der Waals surface area contributed by atoms with Crippen LogP contribution in [0.3, 0.4) is 0 Å². The Morgan fingerprint density at radius 1 is 1.33 bits per heavy atom. The normalized spacial score (nSPS) is 8.67. The van der Waals surface area contributed by atoms with E-state index in [0.29, 0.717) is 0 Å². The lowest BCUT2D eigenvalue weighted by Gasteiger charge is -2.05. The molecule has 9 heavy (non-hydrogen) atoms. The van der Waals surface area contributed by atoms with Crippen LogP contribution in [0.25, 0.3) is 0 Å². The van der Waals surface area contributed by atoms with Crippen molar-refractivity contribution in [1.29, 1.82) is 0 Å². The van der Waals surface area contributed by atoms with Crippen molar-refractivity contribution in [3.8, 4) is 0 Å². The molecule has 0 aliphatic carbocycles. The summed E-state index contributed by atoms with van der Waals surface area (Å²) in [5.74, 6) is 0. The highest BCUT2D eigenvalue weighted by molar-refractivity contribution is 4.06. The Hall–Kier alpha value is -0.120. The molecule has 0 radical (unpaired) electrons. The average molecular weight is 135 g/mol. The van der Waals surface area contributed by atoms with Gasteiger partial charge in [-0.2, -0.15) is 5.06 Å². The monoisotopic (exact) mass is 135 g/mol. The maximum absolute atomic E-state index is 7.57. The summed E-state index contributed by atoms with van der Waals surface area (Å²) in [5.41, 5.74) is 0. The molecule has 0 unspecified atom stereocenters. The lowest BCUT2D eigenvalue weighted by Crippen LogP contribution is -2.11. The van der Waals surface area contributed by atoms with Crippen molar-refractivity contribution in [2.24, 2.45) is 0 Å². The SMILES string of the molecule is CCO.CCON(C)C. The predicted octanol–water partition coefficient (Wildman–Crippen LogP) is 0.498. The van der Waals surface area contributed by atoms with E-state index in [4.69, 9.17) is 9.94 Å². The molecule has 3 nitrogen and oxygen atoms in total. The molecule has 0 atom stereocenters. The van der Waals surface area contributed by atoms with Crippen LogP contribution in [-0.4, -0.2) is 37.5 Å². The zero-order chi connectivity index (χ0) is 7.70. The third-order valence-electron chi connectivity index (χ3n) is 0.387. The first-order valence-corrected chi connectivity index (χ1v) is 3.10. The van der Waals surface area contributed by atoms with Crippen molar-refractivity contribution < 1.29 is 9.94 Å². The van der Waals surface area contributed by atoms with Crippen LogP contribution in [0.4, 0.5) is 0 Å². The van der Waals surface area contributed by atoms with Gasteiger partial charge in [-0.1, -0.05) is 0 Å². The van der Waals surface area contributed by atoms with Gasteiger partial charge in [0.1, 0.15) is 0 Å². The number of hydrogen-bond donors (Lipinski definition) is 1. The second-order valence-corrected chi connectivity index (χ2v) is 1.55. The Balaban J connectivity index is 0. The van der Waals surface area contributed by atoms with Crippen molar-refractivity contribution in [3.63, 3.8) is 0 Å². The van der Waals surface area contributed by atoms with Crippen molar-refractivity contribution >= 4 is 0 Å². The Kier molecular flexibility index (Phi) is 14.0. The third kappa shape index (κ3) is 32.8. The molecule has 1 N–H and O–H groups in total. The lowest BCUT2D eigenvalue weighted by atomic mass is 10.9. The maximum atomic E-state index is 7.57. The minimum atomic E-state index is 0.250. The van der Waals surface area contributed by atoms with Crippen molar-refractivity contribution in [2.75, 3.05) is 27.3 Å². The van der Waals surface area contributed by atoms with E-state index < -0.39 is 0 Å². The Bertz CT molecular complexity index is 40.0. The third-order valence-corrected chi connectivity index (χ3v) is 0.387. The lowest BCUT2D eigenvalue weighted by molar-refractivity contribution is -0.113. The minimum Gasteiger partial charge on any atom is -0.397 e. The summed E-state index contributed by atoms with van der Waals surface area (Å²) in [4.78, 5) is 4.88. The molecule has 0 rings (SSSR count). The minimum absolute atomic E-state index is 0.250. The molecule has 0 aromatic rings. The topological polar surface area (TPSA) is 32.7 Å². The molecule has 0 fully saturated rings. The van der Waals surface area contributed by atoms with Crippen LogP contribution in [-0.2, 0) is 4.84 Å². The van der Waals surface area contributed by atoms with Gasteiger partial charge in [-0.05, 0) is 13.8 Å². The van der Waals surface area contributed by atoms with Crippen molar-refractivity contribution in [1.82, 2.24) is 5.06 Å². The van der Waals surface area contributed by atoms with E-state index in [0.717, 1.165) is 6.61 Å². The van der Waals surface area contributed by atoms with Crippen LogP contribution in [0.2, 0.25) is 0 Å².